The molecule has 9 nitrogen and oxygen atoms in total. The van der Waals surface area contributed by atoms with Crippen molar-refractivity contribution in [3.8, 4) is 0 Å². The van der Waals surface area contributed by atoms with E-state index in [9.17, 15) is 4.79 Å². The van der Waals surface area contributed by atoms with Crippen LogP contribution >= 0.6 is 23.2 Å². The van der Waals surface area contributed by atoms with Crippen molar-refractivity contribution in [1.29, 1.82) is 5.41 Å². The first-order valence-electron chi connectivity index (χ1n) is 13.6. The Labute approximate surface area is 245 Å². The number of rotatable bonds is 7. The molecule has 0 aliphatic carbocycles. The van der Waals surface area contributed by atoms with E-state index >= 15 is 0 Å². The lowest BCUT2D eigenvalue weighted by Crippen LogP contribution is -2.49. The first-order chi connectivity index (χ1) is 19.4. The van der Waals surface area contributed by atoms with Gasteiger partial charge >= 0.3 is 0 Å². The maximum Gasteiger partial charge on any atom is 0.273 e. The molecule has 2 fully saturated rings. The number of nitrogens with one attached hydrogen (secondary N) is 2. The molecule has 3 aliphatic heterocycles. The fourth-order valence-corrected chi connectivity index (χ4v) is 5.81. The van der Waals surface area contributed by atoms with Crippen LogP contribution in [0, 0.1) is 5.41 Å². The van der Waals surface area contributed by atoms with E-state index in [4.69, 9.17) is 39.1 Å². The molecule has 0 spiro atoms. The summed E-state index contributed by atoms with van der Waals surface area (Å²) in [5.41, 5.74) is 9.06. The van der Waals surface area contributed by atoms with Gasteiger partial charge in [-0.05, 0) is 66.9 Å². The number of benzene rings is 2. The second-order valence-corrected chi connectivity index (χ2v) is 11.1. The number of ether oxygens (including phenoxy) is 1. The highest BCUT2D eigenvalue weighted by atomic mass is 35.5. The van der Waals surface area contributed by atoms with Gasteiger partial charge in [-0.2, -0.15) is 0 Å². The molecule has 3 heterocycles. The van der Waals surface area contributed by atoms with Crippen molar-refractivity contribution in [2.45, 2.75) is 25.4 Å². The van der Waals surface area contributed by atoms with Gasteiger partial charge in [-0.3, -0.25) is 20.1 Å². The molecule has 0 unspecified atom stereocenters. The van der Waals surface area contributed by atoms with Crippen molar-refractivity contribution >= 4 is 52.0 Å². The number of carbonyl (C=O) groups excluding carboxylic acids is 1. The van der Waals surface area contributed by atoms with Crippen molar-refractivity contribution in [1.82, 2.24) is 9.80 Å². The van der Waals surface area contributed by atoms with Gasteiger partial charge in [0, 0.05) is 66.7 Å². The number of amidine groups is 1. The average molecular weight is 585 g/mol. The molecule has 11 heteroatoms. The van der Waals surface area contributed by atoms with E-state index in [1.807, 2.05) is 29.2 Å². The quantitative estimate of drug-likeness (QED) is 0.425. The Kier molecular flexibility index (Phi) is 9.26. The SMILES string of the molecule is N=C(/C=C1\C(N)=NCCN1Cc1cc(Cl)ccc1Cl)C(=O)Nc1ccc(N2CCC(N3CCOCC3)CC2)cc1. The summed E-state index contributed by atoms with van der Waals surface area (Å²) in [5, 5.41) is 12.4. The molecule has 2 aromatic carbocycles. The summed E-state index contributed by atoms with van der Waals surface area (Å²) in [6.45, 7) is 7.25. The van der Waals surface area contributed by atoms with Gasteiger partial charge < -0.3 is 25.6 Å². The number of nitrogens with zero attached hydrogens (tertiary/aromatic N) is 4. The van der Waals surface area contributed by atoms with E-state index in [1.54, 1.807) is 18.2 Å². The largest absolute Gasteiger partial charge is 0.382 e. The third-order valence-electron chi connectivity index (χ3n) is 7.67. The molecule has 0 bridgehead atoms. The predicted octanol–water partition coefficient (Wildman–Crippen LogP) is 4.01. The minimum atomic E-state index is -0.523. The lowest BCUT2D eigenvalue weighted by Gasteiger charge is -2.40. The third-order valence-corrected chi connectivity index (χ3v) is 8.27. The smallest absolute Gasteiger partial charge is 0.273 e. The van der Waals surface area contributed by atoms with Crippen LogP contribution in [0.25, 0.3) is 0 Å². The van der Waals surface area contributed by atoms with Crippen LogP contribution in [0.4, 0.5) is 11.4 Å². The molecule has 0 aromatic heterocycles. The van der Waals surface area contributed by atoms with E-state index < -0.39 is 5.91 Å². The number of halogens is 2. The van der Waals surface area contributed by atoms with Crippen molar-refractivity contribution in [2.75, 3.05) is 62.7 Å². The van der Waals surface area contributed by atoms with Crippen LogP contribution < -0.4 is 16.0 Å². The average Bonchev–Trinajstić information content (AvgIpc) is 2.97. The first kappa shape index (κ1) is 28.4. The highest BCUT2D eigenvalue weighted by Gasteiger charge is 2.26. The number of aliphatic imine (C=N–C) groups is 1. The van der Waals surface area contributed by atoms with Crippen molar-refractivity contribution in [2.24, 2.45) is 10.7 Å². The summed E-state index contributed by atoms with van der Waals surface area (Å²) in [6, 6.07) is 13.7. The molecular formula is C29H35Cl2N7O2. The van der Waals surface area contributed by atoms with E-state index in [2.05, 4.69) is 20.1 Å². The Morgan fingerprint density at radius 2 is 1.80 bits per heavy atom. The summed E-state index contributed by atoms with van der Waals surface area (Å²) < 4.78 is 5.49. The Hall–Kier alpha value is -3.11. The van der Waals surface area contributed by atoms with Crippen LogP contribution in [0.3, 0.4) is 0 Å². The fourth-order valence-electron chi connectivity index (χ4n) is 5.44. The van der Waals surface area contributed by atoms with Gasteiger partial charge in [0.25, 0.3) is 5.91 Å². The summed E-state index contributed by atoms with van der Waals surface area (Å²) in [7, 11) is 0. The standard InChI is InChI=1S/C29H35Cl2N7O2/c30-21-1-6-25(31)20(17-21)19-38-12-9-34-28(33)27(38)18-26(32)29(39)35-22-2-4-23(5-3-22)36-10-7-24(8-11-36)37-13-15-40-16-14-37/h1-6,17-18,24,32H,7-16,19H2,(H2,33,34)(H,35,39)/b27-18+,32-26?. The maximum atomic E-state index is 12.9. The van der Waals surface area contributed by atoms with E-state index in [1.165, 1.54) is 6.08 Å². The molecule has 212 valence electrons. The molecule has 5 rings (SSSR count). The zero-order valence-electron chi connectivity index (χ0n) is 22.4. The topological polar surface area (TPSA) is 110 Å². The van der Waals surface area contributed by atoms with Gasteiger partial charge in [0.2, 0.25) is 0 Å². The second kappa shape index (κ2) is 13.0. The number of piperidine rings is 1. The Balaban J connectivity index is 1.18. The zero-order valence-corrected chi connectivity index (χ0v) is 23.9. The zero-order chi connectivity index (χ0) is 28.1. The molecule has 4 N–H and O–H groups in total. The van der Waals surface area contributed by atoms with Crippen LogP contribution in [0.1, 0.15) is 18.4 Å². The highest BCUT2D eigenvalue weighted by molar-refractivity contribution is 6.46. The monoisotopic (exact) mass is 583 g/mol. The summed E-state index contributed by atoms with van der Waals surface area (Å²) in [6.07, 6.45) is 3.73. The Morgan fingerprint density at radius 1 is 1.07 bits per heavy atom. The van der Waals surface area contributed by atoms with Crippen LogP contribution in [0.2, 0.25) is 10.0 Å². The number of morpholine rings is 1. The Bertz CT molecular complexity index is 1280. The second-order valence-electron chi connectivity index (χ2n) is 10.2. The normalized spacial score (nSPS) is 19.9. The molecule has 3 aliphatic rings. The molecular weight excluding hydrogens is 549 g/mol. The van der Waals surface area contributed by atoms with Crippen molar-refractivity contribution in [3.63, 3.8) is 0 Å². The first-order valence-corrected chi connectivity index (χ1v) is 14.4. The maximum absolute atomic E-state index is 12.9. The van der Waals surface area contributed by atoms with Crippen LogP contribution in [0.15, 0.2) is 59.2 Å². The van der Waals surface area contributed by atoms with E-state index in [-0.39, 0.29) is 11.5 Å². The molecule has 1 amide bonds. The number of anilines is 2. The number of carbonyl (C=O) groups is 1. The van der Waals surface area contributed by atoms with Gasteiger partial charge in [-0.1, -0.05) is 23.2 Å². The van der Waals surface area contributed by atoms with Crippen LogP contribution in [-0.2, 0) is 16.1 Å². The van der Waals surface area contributed by atoms with Gasteiger partial charge in [0.15, 0.2) is 0 Å². The molecule has 40 heavy (non-hydrogen) atoms. The molecule has 0 atom stereocenters. The van der Waals surface area contributed by atoms with Gasteiger partial charge in [-0.25, -0.2) is 0 Å². The lowest BCUT2D eigenvalue weighted by atomic mass is 10.0. The number of amides is 1. The number of nitrogens with two attached hydrogens (primary N) is 1. The Morgan fingerprint density at radius 3 is 2.52 bits per heavy atom. The fraction of sp³-hybridized carbons (Fsp3) is 0.414. The van der Waals surface area contributed by atoms with Crippen LogP contribution in [-0.4, -0.2) is 85.8 Å². The van der Waals surface area contributed by atoms with Crippen molar-refractivity contribution in [3.05, 3.63) is 69.8 Å². The van der Waals surface area contributed by atoms with E-state index in [0.717, 1.165) is 63.5 Å². The lowest BCUT2D eigenvalue weighted by molar-refractivity contribution is -0.110. The van der Waals surface area contributed by atoms with Crippen LogP contribution in [0.5, 0.6) is 0 Å². The minimum absolute atomic E-state index is 0.216. The third kappa shape index (κ3) is 6.96. The molecule has 2 aromatic rings. The highest BCUT2D eigenvalue weighted by Crippen LogP contribution is 2.26. The minimum Gasteiger partial charge on any atom is -0.382 e. The predicted molar refractivity (Wildman–Crippen MR) is 162 cm³/mol. The summed E-state index contributed by atoms with van der Waals surface area (Å²) in [4.78, 5) is 24.1. The number of hydrogen-bond donors (Lipinski definition) is 3. The summed E-state index contributed by atoms with van der Waals surface area (Å²) in [5.74, 6) is -0.241. The molecule has 2 saturated heterocycles. The van der Waals surface area contributed by atoms with E-state index in [0.29, 0.717) is 47.1 Å². The molecule has 0 saturated carbocycles. The summed E-state index contributed by atoms with van der Waals surface area (Å²) >= 11 is 12.5. The van der Waals surface area contributed by atoms with Crippen molar-refractivity contribution < 1.29 is 9.53 Å². The van der Waals surface area contributed by atoms with Gasteiger partial charge in [0.1, 0.15) is 11.5 Å². The number of hydrogen-bond acceptors (Lipinski definition) is 8. The van der Waals surface area contributed by atoms with Gasteiger partial charge in [-0.15, -0.1) is 0 Å². The molecule has 0 radical (unpaired) electrons. The van der Waals surface area contributed by atoms with Gasteiger partial charge in [0.05, 0.1) is 25.5 Å².